The first-order valence-electron chi connectivity index (χ1n) is 13.7. The number of hydrogen-bond donors (Lipinski definition) is 0. The number of pyridine rings is 2. The van der Waals surface area contributed by atoms with E-state index in [1.54, 1.807) is 43.5 Å². The van der Waals surface area contributed by atoms with Crippen LogP contribution in [0.5, 0.6) is 5.75 Å². The van der Waals surface area contributed by atoms with Gasteiger partial charge in [-0.2, -0.15) is 0 Å². The molecule has 0 aliphatic carbocycles. The number of methoxy groups -OCH3 is 1. The molecule has 41 heavy (non-hydrogen) atoms. The van der Waals surface area contributed by atoms with Gasteiger partial charge in [0.15, 0.2) is 11.6 Å². The van der Waals surface area contributed by atoms with Crippen molar-refractivity contribution in [3.8, 4) is 28.3 Å². The van der Waals surface area contributed by atoms with Gasteiger partial charge in [-0.3, -0.25) is 19.6 Å². The van der Waals surface area contributed by atoms with Gasteiger partial charge in [0.2, 0.25) is 0 Å². The summed E-state index contributed by atoms with van der Waals surface area (Å²) in [5, 5.41) is 0. The minimum absolute atomic E-state index is 0.0533. The van der Waals surface area contributed by atoms with E-state index in [0.29, 0.717) is 45.1 Å². The fourth-order valence-corrected chi connectivity index (χ4v) is 4.49. The summed E-state index contributed by atoms with van der Waals surface area (Å²) in [5.41, 5.74) is 4.75. The van der Waals surface area contributed by atoms with Gasteiger partial charge in [0.1, 0.15) is 11.6 Å². The molecule has 2 heterocycles. The van der Waals surface area contributed by atoms with Crippen LogP contribution in [0.3, 0.4) is 0 Å². The average Bonchev–Trinajstić information content (AvgIpc) is 2.91. The van der Waals surface area contributed by atoms with E-state index in [4.69, 9.17) is 14.7 Å². The number of aromatic nitrogens is 2. The highest BCUT2D eigenvalue weighted by Gasteiger charge is 2.23. The van der Waals surface area contributed by atoms with Gasteiger partial charge >= 0.3 is 0 Å². The van der Waals surface area contributed by atoms with Crippen molar-refractivity contribution in [2.75, 3.05) is 7.11 Å². The lowest BCUT2D eigenvalue weighted by Gasteiger charge is -2.21. The maximum absolute atomic E-state index is 14.7. The SMILES string of the molecule is COc1ccc(CC(=O)c2cc(-c3ccccc3F)nc(C(C)(C)C)c2)cc1-c1cc(C(C)=O)cc(C(C)(C)C)n1. The minimum atomic E-state index is -0.390. The normalized spacial score (nSPS) is 11.8. The number of benzene rings is 2. The zero-order chi connectivity index (χ0) is 30.1. The first kappa shape index (κ1) is 29.8. The van der Waals surface area contributed by atoms with Crippen molar-refractivity contribution in [3.05, 3.63) is 101 Å². The third kappa shape index (κ3) is 6.76. The molecular formula is C35H37FN2O3. The van der Waals surface area contributed by atoms with E-state index < -0.39 is 0 Å². The largest absolute Gasteiger partial charge is 0.496 e. The highest BCUT2D eigenvalue weighted by Crippen LogP contribution is 2.34. The number of halogens is 1. The molecule has 0 N–H and O–H groups in total. The number of carbonyl (C=O) groups is 2. The zero-order valence-corrected chi connectivity index (χ0v) is 25.1. The summed E-state index contributed by atoms with van der Waals surface area (Å²) in [6.07, 6.45) is 0.111. The second-order valence-electron chi connectivity index (χ2n) is 12.4. The summed E-state index contributed by atoms with van der Waals surface area (Å²) in [7, 11) is 1.58. The number of Topliss-reactive ketones (excluding diaryl/α,β-unsaturated/α-hetero) is 2. The molecule has 2 aromatic heterocycles. The Morgan fingerprint density at radius 3 is 1.88 bits per heavy atom. The molecule has 0 aliphatic heterocycles. The Bertz CT molecular complexity index is 1630. The summed E-state index contributed by atoms with van der Waals surface area (Å²) in [4.78, 5) is 35.6. The Morgan fingerprint density at radius 1 is 0.756 bits per heavy atom. The number of rotatable bonds is 7. The lowest BCUT2D eigenvalue weighted by molar-refractivity contribution is 0.0990. The predicted molar refractivity (Wildman–Crippen MR) is 161 cm³/mol. The first-order chi connectivity index (χ1) is 19.2. The van der Waals surface area contributed by atoms with Crippen molar-refractivity contribution < 1.29 is 18.7 Å². The number of carbonyl (C=O) groups excluding carboxylic acids is 2. The summed E-state index contributed by atoms with van der Waals surface area (Å²) in [5.74, 6) is 0.0316. The van der Waals surface area contributed by atoms with E-state index in [9.17, 15) is 14.0 Å². The maximum atomic E-state index is 14.7. The number of nitrogens with zero attached hydrogens (tertiary/aromatic N) is 2. The predicted octanol–water partition coefficient (Wildman–Crippen LogP) is 8.18. The van der Waals surface area contributed by atoms with Crippen molar-refractivity contribution in [1.29, 1.82) is 0 Å². The van der Waals surface area contributed by atoms with Crippen molar-refractivity contribution in [2.45, 2.75) is 65.7 Å². The molecule has 5 nitrogen and oxygen atoms in total. The fraction of sp³-hybridized carbons (Fsp3) is 0.314. The van der Waals surface area contributed by atoms with Crippen LogP contribution < -0.4 is 4.74 Å². The molecule has 0 spiro atoms. The van der Waals surface area contributed by atoms with Crippen LogP contribution in [0.25, 0.3) is 22.5 Å². The van der Waals surface area contributed by atoms with E-state index in [2.05, 4.69) is 0 Å². The molecular weight excluding hydrogens is 515 g/mol. The minimum Gasteiger partial charge on any atom is -0.496 e. The summed E-state index contributed by atoms with van der Waals surface area (Å²) in [6, 6.07) is 19.0. The third-order valence-electron chi connectivity index (χ3n) is 6.97. The van der Waals surface area contributed by atoms with Crippen LogP contribution >= 0.6 is 0 Å². The van der Waals surface area contributed by atoms with E-state index >= 15 is 0 Å². The first-order valence-corrected chi connectivity index (χ1v) is 13.7. The molecule has 0 radical (unpaired) electrons. The lowest BCUT2D eigenvalue weighted by atomic mass is 9.88. The quantitative estimate of drug-likeness (QED) is 0.216. The van der Waals surface area contributed by atoms with E-state index in [0.717, 1.165) is 11.3 Å². The number of hydrogen-bond acceptors (Lipinski definition) is 5. The van der Waals surface area contributed by atoms with Gasteiger partial charge in [0.05, 0.1) is 18.5 Å². The van der Waals surface area contributed by atoms with Crippen LogP contribution in [0, 0.1) is 5.82 Å². The van der Waals surface area contributed by atoms with Crippen LogP contribution in [0.4, 0.5) is 4.39 Å². The molecule has 0 saturated heterocycles. The molecule has 4 rings (SSSR count). The van der Waals surface area contributed by atoms with Crippen LogP contribution in [-0.2, 0) is 17.3 Å². The van der Waals surface area contributed by atoms with Crippen molar-refractivity contribution in [3.63, 3.8) is 0 Å². The molecule has 0 fully saturated rings. The van der Waals surface area contributed by atoms with E-state index in [1.807, 2.05) is 65.8 Å². The molecule has 0 atom stereocenters. The highest BCUT2D eigenvalue weighted by molar-refractivity contribution is 5.99. The average molecular weight is 553 g/mol. The van der Waals surface area contributed by atoms with Crippen molar-refractivity contribution in [2.24, 2.45) is 0 Å². The topological polar surface area (TPSA) is 69.2 Å². The monoisotopic (exact) mass is 552 g/mol. The number of ether oxygens (including phenoxy) is 1. The molecule has 4 aromatic rings. The summed E-state index contributed by atoms with van der Waals surface area (Å²) >= 11 is 0. The van der Waals surface area contributed by atoms with Crippen molar-refractivity contribution in [1.82, 2.24) is 9.97 Å². The second kappa shape index (κ2) is 11.4. The van der Waals surface area contributed by atoms with Crippen molar-refractivity contribution >= 4 is 11.6 Å². The Morgan fingerprint density at radius 2 is 1.32 bits per heavy atom. The molecule has 0 unspecified atom stereocenters. The second-order valence-corrected chi connectivity index (χ2v) is 12.4. The van der Waals surface area contributed by atoms with Gasteiger partial charge in [-0.05, 0) is 61.0 Å². The van der Waals surface area contributed by atoms with Crippen LogP contribution in [-0.4, -0.2) is 28.6 Å². The van der Waals surface area contributed by atoms with E-state index in [-0.39, 0.29) is 34.6 Å². The Labute approximate surface area is 241 Å². The van der Waals surface area contributed by atoms with Gasteiger partial charge in [-0.1, -0.05) is 59.7 Å². The third-order valence-corrected chi connectivity index (χ3v) is 6.97. The Balaban J connectivity index is 1.78. The van der Waals surface area contributed by atoms with Crippen LogP contribution in [0.15, 0.2) is 66.7 Å². The number of ketones is 2. The smallest absolute Gasteiger partial charge is 0.167 e. The van der Waals surface area contributed by atoms with Gasteiger partial charge in [-0.15, -0.1) is 0 Å². The molecule has 0 amide bonds. The summed E-state index contributed by atoms with van der Waals surface area (Å²) < 4.78 is 20.3. The van der Waals surface area contributed by atoms with E-state index in [1.165, 1.54) is 13.0 Å². The van der Waals surface area contributed by atoms with Gasteiger partial charge in [0.25, 0.3) is 0 Å². The molecule has 0 saturated carbocycles. The molecule has 0 aliphatic rings. The maximum Gasteiger partial charge on any atom is 0.167 e. The summed E-state index contributed by atoms with van der Waals surface area (Å²) in [6.45, 7) is 13.7. The van der Waals surface area contributed by atoms with Crippen LogP contribution in [0.1, 0.15) is 86.1 Å². The molecule has 6 heteroatoms. The molecule has 2 aromatic carbocycles. The van der Waals surface area contributed by atoms with Gasteiger partial charge < -0.3 is 4.74 Å². The van der Waals surface area contributed by atoms with Gasteiger partial charge in [0, 0.05) is 50.9 Å². The standard InChI is InChI=1S/C35H37FN2O3/c1-21(39)23-17-29(38-32(19-23)34(2,3)4)26-15-22(13-14-31(26)41-8)16-30(40)24-18-28(25-11-9-10-12-27(25)36)37-33(20-24)35(5,6)7/h9-15,17-20H,16H2,1-8H3. The zero-order valence-electron chi connectivity index (χ0n) is 25.1. The Kier molecular flexibility index (Phi) is 8.25. The molecule has 0 bridgehead atoms. The molecule has 212 valence electrons. The lowest BCUT2D eigenvalue weighted by Crippen LogP contribution is -2.16. The van der Waals surface area contributed by atoms with Crippen LogP contribution in [0.2, 0.25) is 0 Å². The Hall–Kier alpha value is -4.19. The highest BCUT2D eigenvalue weighted by atomic mass is 19.1. The fourth-order valence-electron chi connectivity index (χ4n) is 4.49. The van der Waals surface area contributed by atoms with Gasteiger partial charge in [-0.25, -0.2) is 4.39 Å².